The molecule has 0 bridgehead atoms. The third-order valence-electron chi connectivity index (χ3n) is 3.10. The van der Waals surface area contributed by atoms with Gasteiger partial charge in [-0.15, -0.1) is 0 Å². The maximum Gasteiger partial charge on any atom is 0.125 e. The molecule has 0 aliphatic heterocycles. The summed E-state index contributed by atoms with van der Waals surface area (Å²) in [7, 11) is 0. The highest BCUT2D eigenvalue weighted by Gasteiger charge is 2.10. The number of aryl methyl sites for hydroxylation is 1. The molecule has 1 rings (SSSR count). The summed E-state index contributed by atoms with van der Waals surface area (Å²) in [4.78, 5) is 0. The zero-order valence-corrected chi connectivity index (χ0v) is 13.9. The fourth-order valence-electron chi connectivity index (χ4n) is 2.21. The average molecular weight is 328 g/mol. The Kier molecular flexibility index (Phi) is 7.47. The van der Waals surface area contributed by atoms with Crippen molar-refractivity contribution in [2.24, 2.45) is 5.73 Å². The van der Waals surface area contributed by atoms with Crippen LogP contribution in [-0.4, -0.2) is 12.6 Å². The lowest BCUT2D eigenvalue weighted by atomic mass is 10.0. The van der Waals surface area contributed by atoms with Crippen molar-refractivity contribution in [1.29, 1.82) is 0 Å². The smallest absolute Gasteiger partial charge is 0.125 e. The molecule has 2 nitrogen and oxygen atoms in total. The van der Waals surface area contributed by atoms with Crippen molar-refractivity contribution in [3.8, 4) is 5.75 Å². The van der Waals surface area contributed by atoms with Crippen LogP contribution in [0.2, 0.25) is 0 Å². The van der Waals surface area contributed by atoms with Crippen LogP contribution < -0.4 is 10.5 Å². The molecule has 1 aromatic rings. The summed E-state index contributed by atoms with van der Waals surface area (Å²) in [6.07, 6.45) is 5.77. The molecule has 1 unspecified atom stereocenters. The van der Waals surface area contributed by atoms with Gasteiger partial charge in [0.1, 0.15) is 5.75 Å². The SMILES string of the molecule is CCCCCCOc1c(C)cc(Br)cc1CC(C)N. The number of ether oxygens (including phenoxy) is 1. The van der Waals surface area contributed by atoms with E-state index in [0.29, 0.717) is 0 Å². The number of benzene rings is 1. The van der Waals surface area contributed by atoms with Crippen molar-refractivity contribution in [2.75, 3.05) is 6.61 Å². The minimum atomic E-state index is 0.149. The summed E-state index contributed by atoms with van der Waals surface area (Å²) in [5.41, 5.74) is 8.30. The molecular formula is C16H26BrNO. The normalized spacial score (nSPS) is 12.5. The Bertz CT molecular complexity index is 391. The molecule has 0 aromatic heterocycles. The standard InChI is InChI=1S/C16H26BrNO/c1-4-5-6-7-8-19-16-12(2)9-15(17)11-14(16)10-13(3)18/h9,11,13H,4-8,10,18H2,1-3H3. The first kappa shape index (κ1) is 16.5. The average Bonchev–Trinajstić information content (AvgIpc) is 2.30. The third kappa shape index (κ3) is 5.96. The molecule has 108 valence electrons. The van der Waals surface area contributed by atoms with Crippen molar-refractivity contribution in [3.63, 3.8) is 0 Å². The summed E-state index contributed by atoms with van der Waals surface area (Å²) < 4.78 is 7.09. The van der Waals surface area contributed by atoms with E-state index < -0.39 is 0 Å². The van der Waals surface area contributed by atoms with Gasteiger partial charge >= 0.3 is 0 Å². The minimum Gasteiger partial charge on any atom is -0.493 e. The van der Waals surface area contributed by atoms with Gasteiger partial charge in [-0.3, -0.25) is 0 Å². The highest BCUT2D eigenvalue weighted by Crippen LogP contribution is 2.29. The molecule has 0 spiro atoms. The van der Waals surface area contributed by atoms with Crippen LogP contribution in [0.25, 0.3) is 0 Å². The second-order valence-corrected chi connectivity index (χ2v) is 6.22. The molecule has 19 heavy (non-hydrogen) atoms. The molecule has 0 aliphatic rings. The van der Waals surface area contributed by atoms with Gasteiger partial charge in [-0.25, -0.2) is 0 Å². The Labute approximate surface area is 125 Å². The monoisotopic (exact) mass is 327 g/mol. The molecule has 0 saturated heterocycles. The van der Waals surface area contributed by atoms with Crippen molar-refractivity contribution >= 4 is 15.9 Å². The molecule has 1 atom stereocenters. The van der Waals surface area contributed by atoms with Crippen LogP contribution in [0, 0.1) is 6.92 Å². The molecular weight excluding hydrogens is 302 g/mol. The summed E-state index contributed by atoms with van der Waals surface area (Å²) in [6.45, 7) is 7.15. The van der Waals surface area contributed by atoms with Crippen molar-refractivity contribution in [2.45, 2.75) is 58.9 Å². The van der Waals surface area contributed by atoms with Crippen LogP contribution in [-0.2, 0) is 6.42 Å². The molecule has 0 aliphatic carbocycles. The lowest BCUT2D eigenvalue weighted by Crippen LogP contribution is -2.18. The Morgan fingerprint density at radius 2 is 2.00 bits per heavy atom. The van der Waals surface area contributed by atoms with Gasteiger partial charge in [0.2, 0.25) is 0 Å². The molecule has 0 fully saturated rings. The Morgan fingerprint density at radius 1 is 1.26 bits per heavy atom. The van der Waals surface area contributed by atoms with Crippen LogP contribution in [0.4, 0.5) is 0 Å². The van der Waals surface area contributed by atoms with Gasteiger partial charge in [0.15, 0.2) is 0 Å². The third-order valence-corrected chi connectivity index (χ3v) is 3.56. The second kappa shape index (κ2) is 8.60. The molecule has 0 radical (unpaired) electrons. The Morgan fingerprint density at radius 3 is 2.63 bits per heavy atom. The zero-order chi connectivity index (χ0) is 14.3. The summed E-state index contributed by atoms with van der Waals surface area (Å²) in [5, 5.41) is 0. The van der Waals surface area contributed by atoms with Gasteiger partial charge in [0.25, 0.3) is 0 Å². The van der Waals surface area contributed by atoms with E-state index in [9.17, 15) is 0 Å². The van der Waals surface area contributed by atoms with Crippen LogP contribution in [0.5, 0.6) is 5.75 Å². The summed E-state index contributed by atoms with van der Waals surface area (Å²) in [6, 6.07) is 4.38. The maximum atomic E-state index is 5.99. The quantitative estimate of drug-likeness (QED) is 0.708. The number of hydrogen-bond acceptors (Lipinski definition) is 2. The van der Waals surface area contributed by atoms with Crippen LogP contribution in [0.15, 0.2) is 16.6 Å². The van der Waals surface area contributed by atoms with Crippen LogP contribution in [0.1, 0.15) is 50.7 Å². The number of nitrogens with two attached hydrogens (primary N) is 1. The second-order valence-electron chi connectivity index (χ2n) is 5.30. The number of unbranched alkanes of at least 4 members (excludes halogenated alkanes) is 3. The Balaban J connectivity index is 2.68. The molecule has 0 saturated carbocycles. The van der Waals surface area contributed by atoms with E-state index >= 15 is 0 Å². The molecule has 1 aromatic carbocycles. The maximum absolute atomic E-state index is 5.99. The van der Waals surface area contributed by atoms with E-state index in [1.807, 2.05) is 6.92 Å². The minimum absolute atomic E-state index is 0.149. The summed E-state index contributed by atoms with van der Waals surface area (Å²) in [5.74, 6) is 1.02. The molecule has 0 heterocycles. The van der Waals surface area contributed by atoms with E-state index in [0.717, 1.165) is 29.7 Å². The lowest BCUT2D eigenvalue weighted by molar-refractivity contribution is 0.299. The molecule has 2 N–H and O–H groups in total. The fraction of sp³-hybridized carbons (Fsp3) is 0.625. The van der Waals surface area contributed by atoms with Gasteiger partial charge < -0.3 is 10.5 Å². The first-order chi connectivity index (χ1) is 9.04. The van der Waals surface area contributed by atoms with Gasteiger partial charge in [0.05, 0.1) is 6.61 Å². The first-order valence-electron chi connectivity index (χ1n) is 7.22. The predicted octanol–water partition coefficient (Wildman–Crippen LogP) is 4.61. The van der Waals surface area contributed by atoms with Crippen molar-refractivity contribution in [1.82, 2.24) is 0 Å². The van der Waals surface area contributed by atoms with E-state index in [1.165, 1.54) is 30.4 Å². The van der Waals surface area contributed by atoms with Crippen molar-refractivity contribution in [3.05, 3.63) is 27.7 Å². The lowest BCUT2D eigenvalue weighted by Gasteiger charge is -2.16. The molecule has 3 heteroatoms. The zero-order valence-electron chi connectivity index (χ0n) is 12.3. The fourth-order valence-corrected chi connectivity index (χ4v) is 2.83. The first-order valence-corrected chi connectivity index (χ1v) is 8.01. The number of halogens is 1. The highest BCUT2D eigenvalue weighted by atomic mass is 79.9. The van der Waals surface area contributed by atoms with E-state index in [2.05, 4.69) is 41.9 Å². The van der Waals surface area contributed by atoms with Gasteiger partial charge in [-0.1, -0.05) is 42.1 Å². The number of rotatable bonds is 8. The van der Waals surface area contributed by atoms with E-state index in [1.54, 1.807) is 0 Å². The van der Waals surface area contributed by atoms with Gasteiger partial charge in [0, 0.05) is 10.5 Å². The Hall–Kier alpha value is -0.540. The van der Waals surface area contributed by atoms with E-state index in [4.69, 9.17) is 10.5 Å². The highest BCUT2D eigenvalue weighted by molar-refractivity contribution is 9.10. The van der Waals surface area contributed by atoms with Gasteiger partial charge in [-0.2, -0.15) is 0 Å². The summed E-state index contributed by atoms with van der Waals surface area (Å²) >= 11 is 3.54. The predicted molar refractivity (Wildman–Crippen MR) is 85.9 cm³/mol. The molecule has 0 amide bonds. The van der Waals surface area contributed by atoms with Crippen LogP contribution >= 0.6 is 15.9 Å². The largest absolute Gasteiger partial charge is 0.493 e. The topological polar surface area (TPSA) is 35.2 Å². The van der Waals surface area contributed by atoms with Gasteiger partial charge in [-0.05, 0) is 49.9 Å². The van der Waals surface area contributed by atoms with Crippen molar-refractivity contribution < 1.29 is 4.74 Å². The van der Waals surface area contributed by atoms with E-state index in [-0.39, 0.29) is 6.04 Å². The van der Waals surface area contributed by atoms with Crippen LogP contribution in [0.3, 0.4) is 0 Å². The number of hydrogen-bond donors (Lipinski definition) is 1.